The van der Waals surface area contributed by atoms with Gasteiger partial charge < -0.3 is 20.1 Å². The largest absolute Gasteiger partial charge is 0.396 e. The van der Waals surface area contributed by atoms with Crippen molar-refractivity contribution >= 4 is 17.6 Å². The third-order valence-electron chi connectivity index (χ3n) is 4.66. The van der Waals surface area contributed by atoms with Crippen LogP contribution >= 0.6 is 11.6 Å². The van der Waals surface area contributed by atoms with Gasteiger partial charge in [0.15, 0.2) is 0 Å². The fourth-order valence-electron chi connectivity index (χ4n) is 3.37. The maximum absolute atomic E-state index is 12.5. The van der Waals surface area contributed by atoms with Crippen molar-refractivity contribution in [3.8, 4) is 0 Å². The van der Waals surface area contributed by atoms with E-state index in [2.05, 4.69) is 5.32 Å². The van der Waals surface area contributed by atoms with Gasteiger partial charge in [-0.15, -0.1) is 0 Å². The molecule has 1 aromatic rings. The fraction of sp³-hybridized carbons (Fsp3) is 0.588. The lowest BCUT2D eigenvalue weighted by Gasteiger charge is -2.33. The lowest BCUT2D eigenvalue weighted by Crippen LogP contribution is -2.49. The molecule has 1 aromatic carbocycles. The van der Waals surface area contributed by atoms with Gasteiger partial charge in [-0.05, 0) is 42.9 Å². The Bertz CT molecular complexity index is 537. The van der Waals surface area contributed by atoms with E-state index in [-0.39, 0.29) is 30.7 Å². The summed E-state index contributed by atoms with van der Waals surface area (Å²) in [6.45, 7) is 2.16. The molecule has 0 radical (unpaired) electrons. The van der Waals surface area contributed by atoms with Gasteiger partial charge in [-0.1, -0.05) is 23.7 Å². The number of rotatable bonds is 3. The number of carbonyl (C=O) groups excluding carboxylic acids is 1. The number of likely N-dealkylation sites (tertiary alicyclic amines) is 1. The number of nitrogens with one attached hydrogen (secondary N) is 1. The minimum Gasteiger partial charge on any atom is -0.396 e. The molecule has 0 saturated carbocycles. The average molecular weight is 339 g/mol. The predicted molar refractivity (Wildman–Crippen MR) is 88.5 cm³/mol. The number of urea groups is 1. The van der Waals surface area contributed by atoms with E-state index in [4.69, 9.17) is 16.3 Å². The van der Waals surface area contributed by atoms with Crippen LogP contribution in [0.15, 0.2) is 24.3 Å². The fourth-order valence-corrected chi connectivity index (χ4v) is 3.49. The Morgan fingerprint density at radius 1 is 1.35 bits per heavy atom. The minimum absolute atomic E-state index is 0.0295. The molecule has 3 rings (SSSR count). The van der Waals surface area contributed by atoms with E-state index in [0.717, 1.165) is 31.4 Å². The molecule has 6 heteroatoms. The van der Waals surface area contributed by atoms with Crippen molar-refractivity contribution in [2.75, 3.05) is 26.3 Å². The van der Waals surface area contributed by atoms with E-state index in [1.807, 2.05) is 29.2 Å². The monoisotopic (exact) mass is 338 g/mol. The molecule has 2 aliphatic heterocycles. The Labute approximate surface area is 141 Å². The maximum atomic E-state index is 12.5. The third kappa shape index (κ3) is 3.97. The van der Waals surface area contributed by atoms with Crippen molar-refractivity contribution in [1.82, 2.24) is 10.2 Å². The van der Waals surface area contributed by atoms with E-state index in [0.29, 0.717) is 18.2 Å². The van der Waals surface area contributed by atoms with Gasteiger partial charge in [-0.25, -0.2) is 4.79 Å². The van der Waals surface area contributed by atoms with Gasteiger partial charge in [-0.3, -0.25) is 0 Å². The Morgan fingerprint density at radius 3 is 2.87 bits per heavy atom. The van der Waals surface area contributed by atoms with Crippen molar-refractivity contribution in [2.45, 2.75) is 31.4 Å². The zero-order valence-electron chi connectivity index (χ0n) is 13.1. The number of piperidine rings is 1. The van der Waals surface area contributed by atoms with Crippen LogP contribution in [-0.2, 0) is 4.74 Å². The highest BCUT2D eigenvalue weighted by Crippen LogP contribution is 2.30. The van der Waals surface area contributed by atoms with Gasteiger partial charge in [0.1, 0.15) is 6.10 Å². The summed E-state index contributed by atoms with van der Waals surface area (Å²) < 4.78 is 5.81. The van der Waals surface area contributed by atoms with Crippen molar-refractivity contribution in [2.24, 2.45) is 5.92 Å². The molecule has 3 unspecified atom stereocenters. The van der Waals surface area contributed by atoms with Crippen LogP contribution in [0.3, 0.4) is 0 Å². The first-order valence-corrected chi connectivity index (χ1v) is 8.58. The van der Waals surface area contributed by atoms with E-state index < -0.39 is 0 Å². The second-order valence-electron chi connectivity index (χ2n) is 6.32. The van der Waals surface area contributed by atoms with E-state index in [9.17, 15) is 9.90 Å². The molecule has 2 saturated heterocycles. The molecule has 0 aromatic heterocycles. The van der Waals surface area contributed by atoms with Gasteiger partial charge in [0, 0.05) is 31.3 Å². The van der Waals surface area contributed by atoms with Crippen LogP contribution in [-0.4, -0.2) is 48.4 Å². The lowest BCUT2D eigenvalue weighted by atomic mass is 9.99. The highest BCUT2D eigenvalue weighted by atomic mass is 35.5. The molecular weight excluding hydrogens is 316 g/mol. The summed E-state index contributed by atoms with van der Waals surface area (Å²) in [6.07, 6.45) is 2.60. The Hall–Kier alpha value is -1.30. The normalized spacial score (nSPS) is 27.9. The van der Waals surface area contributed by atoms with E-state index in [1.54, 1.807) is 0 Å². The topological polar surface area (TPSA) is 61.8 Å². The zero-order chi connectivity index (χ0) is 16.2. The molecule has 2 fully saturated rings. The summed E-state index contributed by atoms with van der Waals surface area (Å²) >= 11 is 5.93. The first kappa shape index (κ1) is 16.6. The van der Waals surface area contributed by atoms with Crippen molar-refractivity contribution < 1.29 is 14.6 Å². The summed E-state index contributed by atoms with van der Waals surface area (Å²) in [4.78, 5) is 14.3. The van der Waals surface area contributed by atoms with Gasteiger partial charge in [-0.2, -0.15) is 0 Å². The molecule has 0 bridgehead atoms. The summed E-state index contributed by atoms with van der Waals surface area (Å²) in [5.41, 5.74) is 1.03. The minimum atomic E-state index is -0.130. The summed E-state index contributed by atoms with van der Waals surface area (Å²) in [6, 6.07) is 7.48. The molecule has 2 aliphatic rings. The van der Waals surface area contributed by atoms with Gasteiger partial charge >= 0.3 is 6.03 Å². The third-order valence-corrected chi connectivity index (χ3v) is 4.92. The second kappa shape index (κ2) is 7.51. The van der Waals surface area contributed by atoms with Gasteiger partial charge in [0.25, 0.3) is 0 Å². The average Bonchev–Trinajstić information content (AvgIpc) is 3.03. The number of amides is 2. The highest BCUT2D eigenvalue weighted by Gasteiger charge is 2.33. The summed E-state index contributed by atoms with van der Waals surface area (Å²) in [5, 5.41) is 13.1. The molecule has 2 N–H and O–H groups in total. The quantitative estimate of drug-likeness (QED) is 0.890. The van der Waals surface area contributed by atoms with Crippen LogP contribution in [0.2, 0.25) is 5.02 Å². The summed E-state index contributed by atoms with van der Waals surface area (Å²) in [5.74, 6) is 0.196. The van der Waals surface area contributed by atoms with Crippen molar-refractivity contribution in [3.63, 3.8) is 0 Å². The first-order chi connectivity index (χ1) is 11.2. The number of aliphatic hydroxyl groups is 1. The first-order valence-electron chi connectivity index (χ1n) is 8.20. The number of ether oxygens (including phenoxy) is 1. The standard InChI is InChI=1S/C17H23ClN2O3/c18-14-5-3-13(4-6-14)16-15(7-9-23-16)19-17(22)20-8-1-2-12(10-20)11-21/h3-6,12,15-16,21H,1-2,7-11H2,(H,19,22). The summed E-state index contributed by atoms with van der Waals surface area (Å²) in [7, 11) is 0. The Morgan fingerprint density at radius 2 is 2.13 bits per heavy atom. The molecule has 5 nitrogen and oxygen atoms in total. The van der Waals surface area contributed by atoms with E-state index >= 15 is 0 Å². The van der Waals surface area contributed by atoms with Crippen LogP contribution < -0.4 is 5.32 Å². The second-order valence-corrected chi connectivity index (χ2v) is 6.76. The number of aliphatic hydroxyl groups excluding tert-OH is 1. The molecule has 23 heavy (non-hydrogen) atoms. The molecule has 0 aliphatic carbocycles. The molecule has 2 amide bonds. The number of hydrogen-bond acceptors (Lipinski definition) is 3. The number of carbonyl (C=O) groups is 1. The predicted octanol–water partition coefficient (Wildman–Crippen LogP) is 2.58. The van der Waals surface area contributed by atoms with Crippen LogP contribution in [0.5, 0.6) is 0 Å². The molecule has 126 valence electrons. The number of hydrogen-bond donors (Lipinski definition) is 2. The number of halogens is 1. The van der Waals surface area contributed by atoms with E-state index in [1.165, 1.54) is 0 Å². The highest BCUT2D eigenvalue weighted by molar-refractivity contribution is 6.30. The number of nitrogens with zero attached hydrogens (tertiary/aromatic N) is 1. The molecule has 3 atom stereocenters. The lowest BCUT2D eigenvalue weighted by molar-refractivity contribution is 0.0944. The Kier molecular flexibility index (Phi) is 5.41. The van der Waals surface area contributed by atoms with Crippen LogP contribution in [0, 0.1) is 5.92 Å². The SMILES string of the molecule is O=C(NC1CCOC1c1ccc(Cl)cc1)N1CCCC(CO)C1. The van der Waals surface area contributed by atoms with Crippen LogP contribution in [0.4, 0.5) is 4.79 Å². The Balaban J connectivity index is 1.62. The van der Waals surface area contributed by atoms with Gasteiger partial charge in [0.2, 0.25) is 0 Å². The number of benzene rings is 1. The van der Waals surface area contributed by atoms with Crippen LogP contribution in [0.25, 0.3) is 0 Å². The molecule has 2 heterocycles. The van der Waals surface area contributed by atoms with Crippen molar-refractivity contribution in [1.29, 1.82) is 0 Å². The molecular formula is C17H23ClN2O3. The van der Waals surface area contributed by atoms with Crippen molar-refractivity contribution in [3.05, 3.63) is 34.9 Å². The maximum Gasteiger partial charge on any atom is 0.317 e. The van der Waals surface area contributed by atoms with Gasteiger partial charge in [0.05, 0.1) is 6.04 Å². The zero-order valence-corrected chi connectivity index (χ0v) is 13.8. The smallest absolute Gasteiger partial charge is 0.317 e. The molecule has 0 spiro atoms. The van der Waals surface area contributed by atoms with Crippen LogP contribution in [0.1, 0.15) is 30.9 Å².